The van der Waals surface area contributed by atoms with E-state index in [1.165, 1.54) is 21.3 Å². The van der Waals surface area contributed by atoms with Crippen LogP contribution < -0.4 is 14.2 Å². The maximum absolute atomic E-state index is 13.6. The fourth-order valence-corrected chi connectivity index (χ4v) is 4.31. The zero-order chi connectivity index (χ0) is 25.5. The van der Waals surface area contributed by atoms with Gasteiger partial charge in [-0.15, -0.1) is 0 Å². The second-order valence-electron chi connectivity index (χ2n) is 9.08. The molecule has 0 saturated carbocycles. The molecule has 1 aliphatic rings. The highest BCUT2D eigenvalue weighted by Gasteiger charge is 2.30. The molecule has 1 atom stereocenters. The van der Waals surface area contributed by atoms with Crippen molar-refractivity contribution in [3.05, 3.63) is 53.1 Å². The number of benzene rings is 2. The van der Waals surface area contributed by atoms with Crippen LogP contribution in [0.5, 0.6) is 17.2 Å². The third kappa shape index (κ3) is 6.25. The summed E-state index contributed by atoms with van der Waals surface area (Å²) in [7, 11) is 4.57. The molecule has 1 saturated heterocycles. The van der Waals surface area contributed by atoms with Gasteiger partial charge in [-0.05, 0) is 36.6 Å². The van der Waals surface area contributed by atoms with E-state index in [0.29, 0.717) is 61.2 Å². The van der Waals surface area contributed by atoms with Crippen LogP contribution in [0.3, 0.4) is 0 Å². The summed E-state index contributed by atoms with van der Waals surface area (Å²) in [5.41, 5.74) is 2.07. The highest BCUT2D eigenvalue weighted by atomic mass is 16.5. The summed E-state index contributed by atoms with van der Waals surface area (Å²) < 4.78 is 22.2. The summed E-state index contributed by atoms with van der Waals surface area (Å²) in [6.45, 7) is 8.34. The summed E-state index contributed by atoms with van der Waals surface area (Å²) in [6, 6.07) is 10.9. The molecule has 0 aliphatic carbocycles. The van der Waals surface area contributed by atoms with Crippen molar-refractivity contribution >= 4 is 11.8 Å². The Morgan fingerprint density at radius 3 is 2.31 bits per heavy atom. The Balaban J connectivity index is 1.80. The molecular formula is C27H36N2O6. The van der Waals surface area contributed by atoms with Crippen LogP contribution in [0.2, 0.25) is 0 Å². The summed E-state index contributed by atoms with van der Waals surface area (Å²) in [5, 5.41) is 0. The van der Waals surface area contributed by atoms with Gasteiger partial charge in [0.25, 0.3) is 11.8 Å². The molecule has 0 aromatic heterocycles. The fourth-order valence-electron chi connectivity index (χ4n) is 4.31. The minimum absolute atomic E-state index is 0.0113. The van der Waals surface area contributed by atoms with E-state index >= 15 is 0 Å². The highest BCUT2D eigenvalue weighted by Crippen LogP contribution is 2.38. The smallest absolute Gasteiger partial charge is 0.254 e. The van der Waals surface area contributed by atoms with Gasteiger partial charge in [-0.3, -0.25) is 9.59 Å². The van der Waals surface area contributed by atoms with E-state index in [4.69, 9.17) is 18.9 Å². The zero-order valence-corrected chi connectivity index (χ0v) is 21.5. The van der Waals surface area contributed by atoms with Crippen molar-refractivity contribution in [2.24, 2.45) is 5.92 Å². The lowest BCUT2D eigenvalue weighted by atomic mass is 10.1. The van der Waals surface area contributed by atoms with Crippen molar-refractivity contribution in [2.75, 3.05) is 54.1 Å². The lowest BCUT2D eigenvalue weighted by Crippen LogP contribution is -2.51. The van der Waals surface area contributed by atoms with Crippen LogP contribution in [-0.4, -0.2) is 81.8 Å². The second kappa shape index (κ2) is 11.9. The van der Waals surface area contributed by atoms with Crippen LogP contribution in [0.4, 0.5) is 0 Å². The number of methoxy groups -OCH3 is 3. The SMILES string of the molecule is COc1cc(C(=O)N(CC(C)C)CC2CN(C(=O)c3ccccc3C)CCO2)cc(OC)c1OC. The summed E-state index contributed by atoms with van der Waals surface area (Å²) >= 11 is 0. The number of hydrogen-bond donors (Lipinski definition) is 0. The van der Waals surface area contributed by atoms with Crippen LogP contribution in [0.15, 0.2) is 36.4 Å². The molecule has 1 unspecified atom stereocenters. The summed E-state index contributed by atoms with van der Waals surface area (Å²) in [5.74, 6) is 1.34. The number of rotatable bonds is 9. The summed E-state index contributed by atoms with van der Waals surface area (Å²) in [6.07, 6.45) is -0.290. The molecule has 8 heteroatoms. The van der Waals surface area contributed by atoms with Gasteiger partial charge in [0, 0.05) is 37.3 Å². The van der Waals surface area contributed by atoms with Crippen molar-refractivity contribution in [1.29, 1.82) is 0 Å². The number of amides is 2. The normalized spacial score (nSPS) is 15.6. The maximum Gasteiger partial charge on any atom is 0.254 e. The molecule has 2 aromatic rings. The van der Waals surface area contributed by atoms with E-state index in [9.17, 15) is 9.59 Å². The third-order valence-electron chi connectivity index (χ3n) is 6.01. The second-order valence-corrected chi connectivity index (χ2v) is 9.08. The molecule has 0 spiro atoms. The first kappa shape index (κ1) is 26.3. The first-order chi connectivity index (χ1) is 16.8. The molecule has 1 aliphatic heterocycles. The van der Waals surface area contributed by atoms with Gasteiger partial charge in [0.2, 0.25) is 5.75 Å². The van der Waals surface area contributed by atoms with Crippen molar-refractivity contribution in [1.82, 2.24) is 9.80 Å². The molecule has 0 bridgehead atoms. The fraction of sp³-hybridized carbons (Fsp3) is 0.481. The van der Waals surface area contributed by atoms with Crippen molar-refractivity contribution in [3.8, 4) is 17.2 Å². The quantitative estimate of drug-likeness (QED) is 0.541. The van der Waals surface area contributed by atoms with E-state index in [0.717, 1.165) is 5.56 Å². The van der Waals surface area contributed by atoms with Gasteiger partial charge in [0.05, 0.1) is 34.0 Å². The first-order valence-electron chi connectivity index (χ1n) is 11.8. The predicted molar refractivity (Wildman–Crippen MR) is 134 cm³/mol. The van der Waals surface area contributed by atoms with Crippen molar-refractivity contribution < 1.29 is 28.5 Å². The van der Waals surface area contributed by atoms with Gasteiger partial charge in [-0.25, -0.2) is 0 Å². The highest BCUT2D eigenvalue weighted by molar-refractivity contribution is 5.96. The van der Waals surface area contributed by atoms with Crippen LogP contribution in [-0.2, 0) is 4.74 Å². The maximum atomic E-state index is 13.6. The lowest BCUT2D eigenvalue weighted by Gasteiger charge is -2.36. The minimum atomic E-state index is -0.290. The Morgan fingerprint density at radius 2 is 1.74 bits per heavy atom. The average molecular weight is 485 g/mol. The van der Waals surface area contributed by atoms with E-state index in [-0.39, 0.29) is 23.8 Å². The van der Waals surface area contributed by atoms with Crippen LogP contribution in [0.25, 0.3) is 0 Å². The number of morpholine rings is 1. The Kier molecular flexibility index (Phi) is 8.98. The molecular weight excluding hydrogens is 448 g/mol. The molecule has 2 aromatic carbocycles. The Hall–Kier alpha value is -3.26. The van der Waals surface area contributed by atoms with Crippen LogP contribution >= 0.6 is 0 Å². The van der Waals surface area contributed by atoms with Gasteiger partial charge in [-0.1, -0.05) is 32.0 Å². The number of aryl methyl sites for hydroxylation is 1. The topological polar surface area (TPSA) is 77.5 Å². The first-order valence-corrected chi connectivity index (χ1v) is 11.8. The van der Waals surface area contributed by atoms with Crippen LogP contribution in [0.1, 0.15) is 40.1 Å². The number of hydrogen-bond acceptors (Lipinski definition) is 6. The standard InChI is InChI=1S/C27H36N2O6/c1-18(2)15-29(26(30)20-13-23(32-4)25(34-6)24(14-20)33-5)17-21-16-28(11-12-35-21)27(31)22-10-8-7-9-19(22)3/h7-10,13-14,18,21H,11-12,15-17H2,1-6H3. The molecule has 1 fully saturated rings. The largest absolute Gasteiger partial charge is 0.493 e. The summed E-state index contributed by atoms with van der Waals surface area (Å²) in [4.78, 5) is 30.3. The molecule has 35 heavy (non-hydrogen) atoms. The third-order valence-corrected chi connectivity index (χ3v) is 6.01. The van der Waals surface area contributed by atoms with Crippen LogP contribution in [0, 0.1) is 12.8 Å². The molecule has 8 nitrogen and oxygen atoms in total. The van der Waals surface area contributed by atoms with Gasteiger partial charge < -0.3 is 28.7 Å². The van der Waals surface area contributed by atoms with Gasteiger partial charge in [0.1, 0.15) is 0 Å². The Bertz CT molecular complexity index is 1010. The predicted octanol–water partition coefficient (Wildman–Crippen LogP) is 3.66. The number of ether oxygens (including phenoxy) is 4. The van der Waals surface area contributed by atoms with Gasteiger partial charge in [0.15, 0.2) is 11.5 Å². The van der Waals surface area contributed by atoms with Crippen molar-refractivity contribution in [2.45, 2.75) is 26.9 Å². The minimum Gasteiger partial charge on any atom is -0.493 e. The van der Waals surface area contributed by atoms with E-state index in [2.05, 4.69) is 13.8 Å². The van der Waals surface area contributed by atoms with E-state index in [1.54, 1.807) is 17.0 Å². The van der Waals surface area contributed by atoms with Gasteiger partial charge >= 0.3 is 0 Å². The van der Waals surface area contributed by atoms with Gasteiger partial charge in [-0.2, -0.15) is 0 Å². The average Bonchev–Trinajstić information content (AvgIpc) is 2.86. The lowest BCUT2D eigenvalue weighted by molar-refractivity contribution is -0.0340. The number of nitrogens with zero attached hydrogens (tertiary/aromatic N) is 2. The van der Waals surface area contributed by atoms with Crippen molar-refractivity contribution in [3.63, 3.8) is 0 Å². The Morgan fingerprint density at radius 1 is 1.09 bits per heavy atom. The molecule has 190 valence electrons. The molecule has 3 rings (SSSR count). The molecule has 2 amide bonds. The molecule has 0 radical (unpaired) electrons. The molecule has 0 N–H and O–H groups in total. The number of carbonyl (C=O) groups excluding carboxylic acids is 2. The number of carbonyl (C=O) groups is 2. The van der Waals surface area contributed by atoms with E-state index in [1.807, 2.05) is 36.1 Å². The Labute approximate surface area is 207 Å². The zero-order valence-electron chi connectivity index (χ0n) is 21.5. The van der Waals surface area contributed by atoms with E-state index < -0.39 is 0 Å². The molecule has 1 heterocycles. The monoisotopic (exact) mass is 484 g/mol.